The summed E-state index contributed by atoms with van der Waals surface area (Å²) in [6.45, 7) is 13.4. The van der Waals surface area contributed by atoms with Crippen LogP contribution in [0.25, 0.3) is 0 Å². The Morgan fingerprint density at radius 1 is 1.14 bits per heavy atom. The zero-order valence-electron chi connectivity index (χ0n) is 15.0. The number of hydrogen-bond donors (Lipinski definition) is 1. The standard InChI is InChI=1S/C18H37N3/c1-6-19-17-16(7-10-18(17,2)3)14-21(5)13-15-8-11-20(4)12-9-15/h15-17,19H,6-14H2,1-5H3. The number of hydrogen-bond acceptors (Lipinski definition) is 3. The maximum absolute atomic E-state index is 3.77. The smallest absolute Gasteiger partial charge is 0.0159 e. The van der Waals surface area contributed by atoms with E-state index in [0.29, 0.717) is 11.5 Å². The van der Waals surface area contributed by atoms with Crippen LogP contribution in [0.15, 0.2) is 0 Å². The maximum Gasteiger partial charge on any atom is 0.0159 e. The number of rotatable bonds is 6. The maximum atomic E-state index is 3.77. The molecule has 3 heteroatoms. The van der Waals surface area contributed by atoms with Crippen molar-refractivity contribution in [3.8, 4) is 0 Å². The summed E-state index contributed by atoms with van der Waals surface area (Å²) >= 11 is 0. The molecule has 0 aromatic rings. The molecule has 124 valence electrons. The SMILES string of the molecule is CCNC1C(CN(C)CC2CCN(C)CC2)CCC1(C)C. The van der Waals surface area contributed by atoms with Crippen LogP contribution in [0.5, 0.6) is 0 Å². The van der Waals surface area contributed by atoms with E-state index >= 15 is 0 Å². The van der Waals surface area contributed by atoms with Gasteiger partial charge >= 0.3 is 0 Å². The first-order valence-electron chi connectivity index (χ1n) is 9.03. The lowest BCUT2D eigenvalue weighted by Crippen LogP contribution is -2.46. The predicted molar refractivity (Wildman–Crippen MR) is 91.7 cm³/mol. The fourth-order valence-corrected chi connectivity index (χ4v) is 4.54. The minimum atomic E-state index is 0.467. The predicted octanol–water partition coefficient (Wildman–Crippen LogP) is 2.67. The van der Waals surface area contributed by atoms with Crippen LogP contribution in [0, 0.1) is 17.3 Å². The van der Waals surface area contributed by atoms with Gasteiger partial charge in [0.2, 0.25) is 0 Å². The second-order valence-corrected chi connectivity index (χ2v) is 8.29. The average molecular weight is 296 g/mol. The Morgan fingerprint density at radius 3 is 2.43 bits per heavy atom. The average Bonchev–Trinajstić information content (AvgIpc) is 2.69. The van der Waals surface area contributed by atoms with Crippen LogP contribution >= 0.6 is 0 Å². The zero-order chi connectivity index (χ0) is 15.5. The number of nitrogens with zero attached hydrogens (tertiary/aromatic N) is 2. The van der Waals surface area contributed by atoms with E-state index in [1.165, 1.54) is 51.9 Å². The number of piperidine rings is 1. The highest BCUT2D eigenvalue weighted by Gasteiger charge is 2.41. The first-order valence-corrected chi connectivity index (χ1v) is 9.03. The van der Waals surface area contributed by atoms with E-state index in [0.717, 1.165) is 18.4 Å². The van der Waals surface area contributed by atoms with Gasteiger partial charge in [-0.25, -0.2) is 0 Å². The van der Waals surface area contributed by atoms with Gasteiger partial charge in [0.1, 0.15) is 0 Å². The fraction of sp³-hybridized carbons (Fsp3) is 1.00. The van der Waals surface area contributed by atoms with Gasteiger partial charge in [-0.1, -0.05) is 20.8 Å². The van der Waals surface area contributed by atoms with E-state index in [4.69, 9.17) is 0 Å². The molecule has 0 amide bonds. The summed E-state index contributed by atoms with van der Waals surface area (Å²) in [5, 5.41) is 3.77. The van der Waals surface area contributed by atoms with Crippen molar-refractivity contribution in [2.45, 2.75) is 52.5 Å². The zero-order valence-corrected chi connectivity index (χ0v) is 15.0. The summed E-state index contributed by atoms with van der Waals surface area (Å²) in [6.07, 6.45) is 5.53. The third-order valence-corrected chi connectivity index (χ3v) is 5.85. The van der Waals surface area contributed by atoms with Gasteiger partial charge in [0, 0.05) is 19.1 Å². The molecule has 0 radical (unpaired) electrons. The fourth-order valence-electron chi connectivity index (χ4n) is 4.54. The molecule has 0 bridgehead atoms. The molecule has 1 saturated heterocycles. The summed E-state index contributed by atoms with van der Waals surface area (Å²) < 4.78 is 0. The topological polar surface area (TPSA) is 18.5 Å². The minimum absolute atomic E-state index is 0.467. The molecule has 1 heterocycles. The Kier molecular flexibility index (Phi) is 6.10. The van der Waals surface area contributed by atoms with Crippen molar-refractivity contribution in [1.29, 1.82) is 0 Å². The molecule has 2 atom stereocenters. The van der Waals surface area contributed by atoms with Crippen molar-refractivity contribution in [1.82, 2.24) is 15.1 Å². The number of likely N-dealkylation sites (tertiary alicyclic amines) is 1. The van der Waals surface area contributed by atoms with Gasteiger partial charge in [-0.2, -0.15) is 0 Å². The number of nitrogens with one attached hydrogen (secondary N) is 1. The van der Waals surface area contributed by atoms with Crippen molar-refractivity contribution in [3.05, 3.63) is 0 Å². The summed E-state index contributed by atoms with van der Waals surface area (Å²) in [4.78, 5) is 5.09. The van der Waals surface area contributed by atoms with E-state index in [-0.39, 0.29) is 0 Å². The summed E-state index contributed by atoms with van der Waals surface area (Å²) in [5.74, 6) is 1.74. The van der Waals surface area contributed by atoms with Gasteiger partial charge in [-0.15, -0.1) is 0 Å². The van der Waals surface area contributed by atoms with E-state index < -0.39 is 0 Å². The molecule has 0 aromatic carbocycles. The van der Waals surface area contributed by atoms with Crippen LogP contribution in [0.3, 0.4) is 0 Å². The van der Waals surface area contributed by atoms with Gasteiger partial charge in [-0.3, -0.25) is 0 Å². The molecule has 21 heavy (non-hydrogen) atoms. The molecule has 3 nitrogen and oxygen atoms in total. The van der Waals surface area contributed by atoms with Crippen LogP contribution in [0.2, 0.25) is 0 Å². The molecule has 0 spiro atoms. The van der Waals surface area contributed by atoms with Crippen LogP contribution in [-0.4, -0.2) is 62.7 Å². The van der Waals surface area contributed by atoms with Crippen molar-refractivity contribution >= 4 is 0 Å². The molecule has 1 saturated carbocycles. The molecule has 1 N–H and O–H groups in total. The molecule has 1 aliphatic heterocycles. The summed E-state index contributed by atoms with van der Waals surface area (Å²) in [5.41, 5.74) is 0.467. The van der Waals surface area contributed by atoms with Crippen LogP contribution in [0.1, 0.15) is 46.5 Å². The van der Waals surface area contributed by atoms with Crippen molar-refractivity contribution in [3.63, 3.8) is 0 Å². The highest BCUT2D eigenvalue weighted by molar-refractivity contribution is 4.96. The molecule has 1 aliphatic carbocycles. The largest absolute Gasteiger partial charge is 0.313 e. The van der Waals surface area contributed by atoms with E-state index in [1.807, 2.05) is 0 Å². The first-order chi connectivity index (χ1) is 9.92. The molecule has 2 unspecified atom stereocenters. The van der Waals surface area contributed by atoms with Gasteiger partial charge in [0.25, 0.3) is 0 Å². The lowest BCUT2D eigenvalue weighted by atomic mass is 9.84. The first kappa shape index (κ1) is 17.2. The second kappa shape index (κ2) is 7.43. The van der Waals surface area contributed by atoms with E-state index in [2.05, 4.69) is 50.0 Å². The molecule has 2 rings (SSSR count). The summed E-state index contributed by atoms with van der Waals surface area (Å²) in [7, 11) is 4.59. The third kappa shape index (κ3) is 4.67. The van der Waals surface area contributed by atoms with Crippen LogP contribution < -0.4 is 5.32 Å². The van der Waals surface area contributed by atoms with Gasteiger partial charge in [0.15, 0.2) is 0 Å². The Labute approximate surface area is 132 Å². The van der Waals surface area contributed by atoms with Crippen molar-refractivity contribution in [2.75, 3.05) is 46.8 Å². The minimum Gasteiger partial charge on any atom is -0.313 e. The Balaban J connectivity index is 1.80. The molecular formula is C18H37N3. The van der Waals surface area contributed by atoms with Crippen molar-refractivity contribution < 1.29 is 0 Å². The Bertz CT molecular complexity index is 308. The second-order valence-electron chi connectivity index (χ2n) is 8.29. The monoisotopic (exact) mass is 295 g/mol. The molecule has 2 fully saturated rings. The van der Waals surface area contributed by atoms with Crippen molar-refractivity contribution in [2.24, 2.45) is 17.3 Å². The normalized spacial score (nSPS) is 31.1. The van der Waals surface area contributed by atoms with Gasteiger partial charge < -0.3 is 15.1 Å². The van der Waals surface area contributed by atoms with E-state index in [1.54, 1.807) is 0 Å². The lowest BCUT2D eigenvalue weighted by Gasteiger charge is -2.35. The Morgan fingerprint density at radius 2 is 1.81 bits per heavy atom. The van der Waals surface area contributed by atoms with Gasteiger partial charge in [-0.05, 0) is 76.7 Å². The highest BCUT2D eigenvalue weighted by atomic mass is 15.1. The highest BCUT2D eigenvalue weighted by Crippen LogP contribution is 2.41. The summed E-state index contributed by atoms with van der Waals surface area (Å²) in [6, 6.07) is 0.697. The Hall–Kier alpha value is -0.120. The van der Waals surface area contributed by atoms with Crippen LogP contribution in [0.4, 0.5) is 0 Å². The van der Waals surface area contributed by atoms with Crippen LogP contribution in [-0.2, 0) is 0 Å². The van der Waals surface area contributed by atoms with E-state index in [9.17, 15) is 0 Å². The molecule has 2 aliphatic rings. The van der Waals surface area contributed by atoms with Gasteiger partial charge in [0.05, 0.1) is 0 Å². The molecular weight excluding hydrogens is 258 g/mol. The lowest BCUT2D eigenvalue weighted by molar-refractivity contribution is 0.152. The quantitative estimate of drug-likeness (QED) is 0.813. The molecule has 0 aromatic heterocycles. The third-order valence-electron chi connectivity index (χ3n) is 5.85.